The van der Waals surface area contributed by atoms with Gasteiger partial charge < -0.3 is 5.32 Å². The van der Waals surface area contributed by atoms with Crippen LogP contribution in [0.25, 0.3) is 6.08 Å². The number of rotatable bonds is 5. The maximum Gasteiger partial charge on any atom is 0.115 e. The molecule has 0 amide bonds. The van der Waals surface area contributed by atoms with Crippen molar-refractivity contribution in [2.75, 3.05) is 6.54 Å². The Bertz CT molecular complexity index is 328. The van der Waals surface area contributed by atoms with Gasteiger partial charge in [-0.2, -0.15) is 0 Å². The molecule has 88 valence electrons. The average Bonchev–Trinajstić information content (AvgIpc) is 2.25. The molecule has 3 heteroatoms. The van der Waals surface area contributed by atoms with Gasteiger partial charge in [-0.05, 0) is 18.1 Å². The molecule has 1 aromatic rings. The minimum Gasteiger partial charge on any atom is -0.311 e. The van der Waals surface area contributed by atoms with E-state index in [1.54, 1.807) is 12.5 Å². The SMILES string of the molecule is CC(C)NCC(=Cc1ccncn1)C(C)C. The van der Waals surface area contributed by atoms with E-state index in [-0.39, 0.29) is 0 Å². The molecule has 0 unspecified atom stereocenters. The van der Waals surface area contributed by atoms with Crippen LogP contribution < -0.4 is 5.32 Å². The second-order valence-electron chi connectivity index (χ2n) is 4.54. The summed E-state index contributed by atoms with van der Waals surface area (Å²) in [6, 6.07) is 2.44. The van der Waals surface area contributed by atoms with Crippen molar-refractivity contribution in [1.82, 2.24) is 15.3 Å². The molecule has 16 heavy (non-hydrogen) atoms. The van der Waals surface area contributed by atoms with Gasteiger partial charge in [-0.3, -0.25) is 0 Å². The van der Waals surface area contributed by atoms with Crippen LogP contribution in [0.4, 0.5) is 0 Å². The zero-order valence-corrected chi connectivity index (χ0v) is 10.6. The summed E-state index contributed by atoms with van der Waals surface area (Å²) < 4.78 is 0. The highest BCUT2D eigenvalue weighted by molar-refractivity contribution is 5.49. The van der Waals surface area contributed by atoms with Gasteiger partial charge in [-0.15, -0.1) is 0 Å². The number of hydrogen-bond acceptors (Lipinski definition) is 3. The molecule has 1 aromatic heterocycles. The highest BCUT2D eigenvalue weighted by atomic mass is 14.9. The van der Waals surface area contributed by atoms with Crippen molar-refractivity contribution in [1.29, 1.82) is 0 Å². The predicted octanol–water partition coefficient (Wildman–Crippen LogP) is 2.51. The standard InChI is InChI=1S/C13H21N3/c1-10(2)12(8-15-11(3)4)7-13-5-6-14-9-16-13/h5-7,9-11,15H,8H2,1-4H3. The van der Waals surface area contributed by atoms with E-state index in [9.17, 15) is 0 Å². The largest absolute Gasteiger partial charge is 0.311 e. The summed E-state index contributed by atoms with van der Waals surface area (Å²) in [5.74, 6) is 0.529. The minimum absolute atomic E-state index is 0.507. The fraction of sp³-hybridized carbons (Fsp3) is 0.538. The zero-order chi connectivity index (χ0) is 12.0. The first-order valence-corrected chi connectivity index (χ1v) is 5.79. The molecular weight excluding hydrogens is 198 g/mol. The van der Waals surface area contributed by atoms with Crippen molar-refractivity contribution in [3.8, 4) is 0 Å². The van der Waals surface area contributed by atoms with Crippen LogP contribution in [0.1, 0.15) is 33.4 Å². The van der Waals surface area contributed by atoms with E-state index in [0.717, 1.165) is 12.2 Å². The molecule has 0 bridgehead atoms. The van der Waals surface area contributed by atoms with E-state index in [4.69, 9.17) is 0 Å². The molecule has 0 saturated heterocycles. The number of hydrogen-bond donors (Lipinski definition) is 1. The van der Waals surface area contributed by atoms with E-state index in [1.165, 1.54) is 5.57 Å². The third-order valence-electron chi connectivity index (χ3n) is 2.39. The fourth-order valence-corrected chi connectivity index (χ4v) is 1.32. The Hall–Kier alpha value is -1.22. The van der Waals surface area contributed by atoms with Crippen LogP contribution in [0.2, 0.25) is 0 Å². The first kappa shape index (κ1) is 12.8. The van der Waals surface area contributed by atoms with Crippen molar-refractivity contribution in [3.05, 3.63) is 29.9 Å². The molecule has 0 spiro atoms. The van der Waals surface area contributed by atoms with Crippen molar-refractivity contribution in [2.45, 2.75) is 33.7 Å². The molecule has 1 rings (SSSR count). The monoisotopic (exact) mass is 219 g/mol. The van der Waals surface area contributed by atoms with Crippen LogP contribution in [-0.4, -0.2) is 22.6 Å². The summed E-state index contributed by atoms with van der Waals surface area (Å²) in [5, 5.41) is 3.44. The van der Waals surface area contributed by atoms with Gasteiger partial charge in [0.25, 0.3) is 0 Å². The summed E-state index contributed by atoms with van der Waals surface area (Å²) in [6.45, 7) is 9.63. The van der Waals surface area contributed by atoms with Crippen LogP contribution in [0.15, 0.2) is 24.2 Å². The van der Waals surface area contributed by atoms with Crippen LogP contribution in [0.3, 0.4) is 0 Å². The van der Waals surface area contributed by atoms with E-state index in [0.29, 0.717) is 12.0 Å². The topological polar surface area (TPSA) is 37.8 Å². The van der Waals surface area contributed by atoms with Gasteiger partial charge in [0.15, 0.2) is 0 Å². The Morgan fingerprint density at radius 1 is 1.38 bits per heavy atom. The maximum atomic E-state index is 4.21. The second-order valence-corrected chi connectivity index (χ2v) is 4.54. The van der Waals surface area contributed by atoms with Crippen molar-refractivity contribution >= 4 is 6.08 Å². The van der Waals surface area contributed by atoms with Crippen LogP contribution in [0.5, 0.6) is 0 Å². The molecule has 0 aromatic carbocycles. The van der Waals surface area contributed by atoms with Crippen LogP contribution in [0, 0.1) is 5.92 Å². The summed E-state index contributed by atoms with van der Waals surface area (Å²) in [6.07, 6.45) is 5.49. The Labute approximate surface area is 98.0 Å². The third kappa shape index (κ3) is 4.53. The Morgan fingerprint density at radius 3 is 2.62 bits per heavy atom. The van der Waals surface area contributed by atoms with E-state index >= 15 is 0 Å². The summed E-state index contributed by atoms with van der Waals surface area (Å²) in [7, 11) is 0. The Balaban J connectivity index is 2.73. The summed E-state index contributed by atoms with van der Waals surface area (Å²) in [5.41, 5.74) is 2.34. The second kappa shape index (κ2) is 6.38. The molecule has 1 heterocycles. The highest BCUT2D eigenvalue weighted by Crippen LogP contribution is 2.12. The molecule has 0 radical (unpaired) electrons. The van der Waals surface area contributed by atoms with E-state index < -0.39 is 0 Å². The number of nitrogens with zero attached hydrogens (tertiary/aromatic N) is 2. The third-order valence-corrected chi connectivity index (χ3v) is 2.39. The fourth-order valence-electron chi connectivity index (χ4n) is 1.32. The molecule has 0 atom stereocenters. The predicted molar refractivity (Wildman–Crippen MR) is 68.0 cm³/mol. The van der Waals surface area contributed by atoms with Gasteiger partial charge in [-0.1, -0.05) is 33.3 Å². The summed E-state index contributed by atoms with van der Waals surface area (Å²) in [4.78, 5) is 8.13. The molecule has 3 nitrogen and oxygen atoms in total. The quantitative estimate of drug-likeness (QED) is 0.827. The molecule has 1 N–H and O–H groups in total. The molecule has 0 fully saturated rings. The van der Waals surface area contributed by atoms with Gasteiger partial charge in [0.05, 0.1) is 5.69 Å². The lowest BCUT2D eigenvalue weighted by atomic mass is 10.0. The first-order valence-electron chi connectivity index (χ1n) is 5.79. The lowest BCUT2D eigenvalue weighted by molar-refractivity contribution is 0.593. The van der Waals surface area contributed by atoms with Crippen molar-refractivity contribution in [3.63, 3.8) is 0 Å². The zero-order valence-electron chi connectivity index (χ0n) is 10.6. The molecule has 0 aliphatic rings. The van der Waals surface area contributed by atoms with Gasteiger partial charge in [0.1, 0.15) is 6.33 Å². The Kier molecular flexibility index (Phi) is 5.12. The summed E-state index contributed by atoms with van der Waals surface area (Å²) >= 11 is 0. The van der Waals surface area contributed by atoms with E-state index in [1.807, 2.05) is 6.07 Å². The molecule has 0 saturated carbocycles. The van der Waals surface area contributed by atoms with Gasteiger partial charge >= 0.3 is 0 Å². The minimum atomic E-state index is 0.507. The van der Waals surface area contributed by atoms with Gasteiger partial charge in [0, 0.05) is 18.8 Å². The van der Waals surface area contributed by atoms with Crippen molar-refractivity contribution < 1.29 is 0 Å². The first-order chi connectivity index (χ1) is 7.59. The van der Waals surface area contributed by atoms with Gasteiger partial charge in [-0.25, -0.2) is 9.97 Å². The van der Waals surface area contributed by atoms with Crippen molar-refractivity contribution in [2.24, 2.45) is 5.92 Å². The molecule has 0 aliphatic carbocycles. The average molecular weight is 219 g/mol. The lowest BCUT2D eigenvalue weighted by Gasteiger charge is -2.14. The van der Waals surface area contributed by atoms with Gasteiger partial charge in [0.2, 0.25) is 0 Å². The molecular formula is C13H21N3. The highest BCUT2D eigenvalue weighted by Gasteiger charge is 2.04. The van der Waals surface area contributed by atoms with E-state index in [2.05, 4.69) is 49.1 Å². The number of nitrogens with one attached hydrogen (secondary N) is 1. The maximum absolute atomic E-state index is 4.21. The Morgan fingerprint density at radius 2 is 2.12 bits per heavy atom. The normalized spacial score (nSPS) is 12.5. The number of aromatic nitrogens is 2. The van der Waals surface area contributed by atoms with Crippen LogP contribution >= 0.6 is 0 Å². The smallest absolute Gasteiger partial charge is 0.115 e. The van der Waals surface area contributed by atoms with Crippen LogP contribution in [-0.2, 0) is 0 Å². The molecule has 0 aliphatic heterocycles. The lowest BCUT2D eigenvalue weighted by Crippen LogP contribution is -2.26.